The minimum Gasteiger partial charge on any atom is -0.497 e. The summed E-state index contributed by atoms with van der Waals surface area (Å²) in [5, 5.41) is 3.56. The van der Waals surface area contributed by atoms with Crippen molar-refractivity contribution < 1.29 is 9.53 Å². The van der Waals surface area contributed by atoms with Gasteiger partial charge < -0.3 is 4.74 Å². The zero-order chi connectivity index (χ0) is 16.4. The van der Waals surface area contributed by atoms with Crippen LogP contribution < -0.4 is 10.1 Å². The van der Waals surface area contributed by atoms with Crippen LogP contribution in [-0.4, -0.2) is 36.0 Å². The highest BCUT2D eigenvalue weighted by atomic mass is 79.9. The lowest BCUT2D eigenvalue weighted by atomic mass is 10.2. The van der Waals surface area contributed by atoms with E-state index in [0.29, 0.717) is 16.4 Å². The molecule has 0 spiro atoms. The Kier molecular flexibility index (Phi) is 4.99. The number of anilines is 1. The number of likely N-dealkylation sites (N-methyl/N-ethyl adjacent to an activating group) is 1. The van der Waals surface area contributed by atoms with Gasteiger partial charge in [-0.3, -0.25) is 15.0 Å². The van der Waals surface area contributed by atoms with Gasteiger partial charge in [-0.1, -0.05) is 6.92 Å². The number of nitrogens with zero attached hydrogens (tertiary/aromatic N) is 2. The molecule has 1 aliphatic heterocycles. The van der Waals surface area contributed by atoms with E-state index in [0.717, 1.165) is 36.2 Å². The Morgan fingerprint density at radius 2 is 2.35 bits per heavy atom. The zero-order valence-electron chi connectivity index (χ0n) is 13.1. The maximum atomic E-state index is 12.5. The molecule has 0 aliphatic carbocycles. The van der Waals surface area contributed by atoms with E-state index in [1.54, 1.807) is 30.6 Å². The SMILES string of the molecule is CCN1CCc2nc(NC(=O)c3cc(OC)ccc3Br)sc2C1. The molecule has 0 saturated carbocycles. The van der Waals surface area contributed by atoms with Gasteiger partial charge in [0, 0.05) is 28.9 Å². The molecule has 0 radical (unpaired) electrons. The average molecular weight is 396 g/mol. The fourth-order valence-electron chi connectivity index (χ4n) is 2.54. The van der Waals surface area contributed by atoms with Crippen molar-refractivity contribution in [2.75, 3.05) is 25.5 Å². The molecule has 2 aromatic rings. The second-order valence-corrected chi connectivity index (χ2v) is 7.25. The van der Waals surface area contributed by atoms with Gasteiger partial charge in [0.15, 0.2) is 5.13 Å². The van der Waals surface area contributed by atoms with E-state index in [1.165, 1.54) is 4.88 Å². The summed E-state index contributed by atoms with van der Waals surface area (Å²) in [6.07, 6.45) is 0.943. The number of amides is 1. The number of hydrogen-bond donors (Lipinski definition) is 1. The van der Waals surface area contributed by atoms with Crippen molar-refractivity contribution in [1.82, 2.24) is 9.88 Å². The highest BCUT2D eigenvalue weighted by Crippen LogP contribution is 2.29. The van der Waals surface area contributed by atoms with Crippen LogP contribution in [0.1, 0.15) is 27.9 Å². The maximum Gasteiger partial charge on any atom is 0.258 e. The standard InChI is InChI=1S/C16H18BrN3O2S/c1-3-20-7-6-13-14(9-20)23-16(18-13)19-15(21)11-8-10(22-2)4-5-12(11)17/h4-5,8H,3,6-7,9H2,1-2H3,(H,18,19,21). The van der Waals surface area contributed by atoms with Crippen LogP contribution in [0.25, 0.3) is 0 Å². The topological polar surface area (TPSA) is 54.5 Å². The summed E-state index contributed by atoms with van der Waals surface area (Å²) in [7, 11) is 1.58. The van der Waals surface area contributed by atoms with E-state index in [-0.39, 0.29) is 5.91 Å². The van der Waals surface area contributed by atoms with Gasteiger partial charge in [-0.25, -0.2) is 4.98 Å². The summed E-state index contributed by atoms with van der Waals surface area (Å²) in [6.45, 7) is 5.15. The molecule has 2 heterocycles. The van der Waals surface area contributed by atoms with Crippen LogP contribution in [0.5, 0.6) is 5.75 Å². The minimum atomic E-state index is -0.186. The predicted octanol–water partition coefficient (Wildman–Crippen LogP) is 3.54. The Bertz CT molecular complexity index is 732. The molecular weight excluding hydrogens is 378 g/mol. The van der Waals surface area contributed by atoms with Crippen molar-refractivity contribution >= 4 is 38.3 Å². The largest absolute Gasteiger partial charge is 0.497 e. The highest BCUT2D eigenvalue weighted by molar-refractivity contribution is 9.10. The summed E-state index contributed by atoms with van der Waals surface area (Å²) < 4.78 is 5.91. The number of nitrogens with one attached hydrogen (secondary N) is 1. The molecule has 1 amide bonds. The summed E-state index contributed by atoms with van der Waals surface area (Å²) in [5.74, 6) is 0.463. The molecule has 1 N–H and O–H groups in total. The van der Waals surface area contributed by atoms with Crippen LogP contribution in [0.15, 0.2) is 22.7 Å². The summed E-state index contributed by atoms with van der Waals surface area (Å²) in [6, 6.07) is 5.33. The molecule has 1 aromatic heterocycles. The smallest absolute Gasteiger partial charge is 0.258 e. The number of thiazole rings is 1. The van der Waals surface area contributed by atoms with Gasteiger partial charge in [-0.2, -0.15) is 0 Å². The molecule has 7 heteroatoms. The molecule has 122 valence electrons. The van der Waals surface area contributed by atoms with Gasteiger partial charge in [0.25, 0.3) is 5.91 Å². The normalized spacial score (nSPS) is 14.4. The van der Waals surface area contributed by atoms with Gasteiger partial charge >= 0.3 is 0 Å². The maximum absolute atomic E-state index is 12.5. The Hall–Kier alpha value is -1.44. The first-order chi connectivity index (χ1) is 11.1. The molecular formula is C16H18BrN3O2S. The van der Waals surface area contributed by atoms with Crippen molar-refractivity contribution in [1.29, 1.82) is 0 Å². The van der Waals surface area contributed by atoms with E-state index < -0.39 is 0 Å². The molecule has 3 rings (SSSR count). The number of benzene rings is 1. The lowest BCUT2D eigenvalue weighted by molar-refractivity contribution is 0.102. The molecule has 0 unspecified atom stereocenters. The molecule has 1 aliphatic rings. The fourth-order valence-corrected chi connectivity index (χ4v) is 4.01. The highest BCUT2D eigenvalue weighted by Gasteiger charge is 2.21. The van der Waals surface area contributed by atoms with Crippen molar-refractivity contribution in [2.45, 2.75) is 19.9 Å². The molecule has 0 atom stereocenters. The molecule has 1 aromatic carbocycles. The minimum absolute atomic E-state index is 0.186. The first kappa shape index (κ1) is 16.4. The van der Waals surface area contributed by atoms with Gasteiger partial charge in [0.1, 0.15) is 5.75 Å². The van der Waals surface area contributed by atoms with Crippen molar-refractivity contribution in [2.24, 2.45) is 0 Å². The second kappa shape index (κ2) is 6.98. The number of aromatic nitrogens is 1. The number of carbonyl (C=O) groups excluding carboxylic acids is 1. The lowest BCUT2D eigenvalue weighted by Crippen LogP contribution is -2.29. The number of fused-ring (bicyclic) bond motifs is 1. The first-order valence-electron chi connectivity index (χ1n) is 7.46. The Labute approximate surface area is 147 Å². The Morgan fingerprint density at radius 1 is 1.52 bits per heavy atom. The van der Waals surface area contributed by atoms with Crippen LogP contribution in [0.4, 0.5) is 5.13 Å². The zero-order valence-corrected chi connectivity index (χ0v) is 15.5. The van der Waals surface area contributed by atoms with Crippen LogP contribution in [0.2, 0.25) is 0 Å². The molecule has 0 fully saturated rings. The van der Waals surface area contributed by atoms with Crippen molar-refractivity contribution in [3.05, 3.63) is 38.8 Å². The van der Waals surface area contributed by atoms with E-state index in [9.17, 15) is 4.79 Å². The predicted molar refractivity (Wildman–Crippen MR) is 95.4 cm³/mol. The number of halogens is 1. The Balaban J connectivity index is 1.78. The Morgan fingerprint density at radius 3 is 3.09 bits per heavy atom. The van der Waals surface area contributed by atoms with Crippen LogP contribution in [0.3, 0.4) is 0 Å². The van der Waals surface area contributed by atoms with Gasteiger partial charge in [-0.05, 0) is 40.7 Å². The lowest BCUT2D eigenvalue weighted by Gasteiger charge is -2.23. The molecule has 5 nitrogen and oxygen atoms in total. The third-order valence-electron chi connectivity index (χ3n) is 3.90. The van der Waals surface area contributed by atoms with Crippen molar-refractivity contribution in [3.8, 4) is 5.75 Å². The number of hydrogen-bond acceptors (Lipinski definition) is 5. The second-order valence-electron chi connectivity index (χ2n) is 5.31. The van der Waals surface area contributed by atoms with Gasteiger partial charge in [0.05, 0.1) is 18.4 Å². The molecule has 0 bridgehead atoms. The van der Waals surface area contributed by atoms with E-state index in [1.807, 2.05) is 6.07 Å². The first-order valence-corrected chi connectivity index (χ1v) is 9.07. The number of methoxy groups -OCH3 is 1. The average Bonchev–Trinajstić information content (AvgIpc) is 2.96. The number of carbonyl (C=O) groups is 1. The quantitative estimate of drug-likeness (QED) is 0.859. The number of rotatable bonds is 4. The summed E-state index contributed by atoms with van der Waals surface area (Å²) in [5.41, 5.74) is 1.65. The van der Waals surface area contributed by atoms with Crippen LogP contribution in [-0.2, 0) is 13.0 Å². The van der Waals surface area contributed by atoms with E-state index in [2.05, 4.69) is 38.1 Å². The summed E-state index contributed by atoms with van der Waals surface area (Å²) in [4.78, 5) is 20.7. The number of ether oxygens (including phenoxy) is 1. The third kappa shape index (κ3) is 3.57. The van der Waals surface area contributed by atoms with Crippen molar-refractivity contribution in [3.63, 3.8) is 0 Å². The van der Waals surface area contributed by atoms with Crippen LogP contribution in [0, 0.1) is 0 Å². The van der Waals surface area contributed by atoms with Gasteiger partial charge in [0.2, 0.25) is 0 Å². The third-order valence-corrected chi connectivity index (χ3v) is 5.59. The van der Waals surface area contributed by atoms with E-state index >= 15 is 0 Å². The van der Waals surface area contributed by atoms with Crippen LogP contribution >= 0.6 is 27.3 Å². The summed E-state index contributed by atoms with van der Waals surface area (Å²) >= 11 is 4.97. The molecule has 23 heavy (non-hydrogen) atoms. The molecule has 0 saturated heterocycles. The monoisotopic (exact) mass is 395 g/mol. The fraction of sp³-hybridized carbons (Fsp3) is 0.375. The van der Waals surface area contributed by atoms with Gasteiger partial charge in [-0.15, -0.1) is 11.3 Å². The van der Waals surface area contributed by atoms with E-state index in [4.69, 9.17) is 4.74 Å².